The van der Waals surface area contributed by atoms with Crippen molar-refractivity contribution in [2.75, 3.05) is 0 Å². The van der Waals surface area contributed by atoms with Crippen molar-refractivity contribution in [3.63, 3.8) is 0 Å². The van der Waals surface area contributed by atoms with Crippen molar-refractivity contribution in [1.82, 2.24) is 0 Å². The first-order chi connectivity index (χ1) is 9.80. The third-order valence-electron chi connectivity index (χ3n) is 2.72. The topological polar surface area (TPSA) is 94.3 Å². The highest BCUT2D eigenvalue weighted by Crippen LogP contribution is 2.26. The molecule has 0 fully saturated rings. The van der Waals surface area contributed by atoms with Crippen LogP contribution in [0.4, 0.5) is 5.69 Å². The molecule has 0 aliphatic rings. The van der Waals surface area contributed by atoms with Crippen molar-refractivity contribution in [2.24, 2.45) is 0 Å². The maximum Gasteiger partial charge on any atom is 0.270 e. The van der Waals surface area contributed by atoms with E-state index in [4.69, 9.17) is 10.7 Å². The van der Waals surface area contributed by atoms with Crippen molar-refractivity contribution >= 4 is 31.2 Å². The first-order valence-corrected chi connectivity index (χ1v) is 7.94. The Morgan fingerprint density at radius 2 is 1.71 bits per heavy atom. The number of halogens is 1. The molecule has 8 heteroatoms. The molecule has 0 spiro atoms. The van der Waals surface area contributed by atoms with Gasteiger partial charge < -0.3 is 0 Å². The predicted molar refractivity (Wildman–Crippen MR) is 76.0 cm³/mol. The van der Waals surface area contributed by atoms with Crippen LogP contribution >= 0.6 is 10.7 Å². The number of hydrogen-bond acceptors (Lipinski definition) is 5. The van der Waals surface area contributed by atoms with Gasteiger partial charge in [0.1, 0.15) is 0 Å². The zero-order valence-electron chi connectivity index (χ0n) is 10.4. The maximum absolute atomic E-state index is 12.3. The van der Waals surface area contributed by atoms with E-state index in [1.165, 1.54) is 12.1 Å². The Morgan fingerprint density at radius 1 is 1.10 bits per heavy atom. The molecule has 0 N–H and O–H groups in total. The van der Waals surface area contributed by atoms with E-state index >= 15 is 0 Å². The van der Waals surface area contributed by atoms with E-state index in [1.54, 1.807) is 18.2 Å². The summed E-state index contributed by atoms with van der Waals surface area (Å²) < 4.78 is 23.0. The van der Waals surface area contributed by atoms with Gasteiger partial charge >= 0.3 is 0 Å². The van der Waals surface area contributed by atoms with Crippen LogP contribution in [-0.2, 0) is 9.05 Å². The first-order valence-electron chi connectivity index (χ1n) is 5.63. The summed E-state index contributed by atoms with van der Waals surface area (Å²) >= 11 is 0. The van der Waals surface area contributed by atoms with Crippen molar-refractivity contribution < 1.29 is 18.1 Å². The molecule has 0 atom stereocenters. The van der Waals surface area contributed by atoms with Gasteiger partial charge in [0.15, 0.2) is 5.78 Å². The average Bonchev–Trinajstić information content (AvgIpc) is 2.45. The Kier molecular flexibility index (Phi) is 4.06. The second-order valence-electron chi connectivity index (χ2n) is 4.07. The molecule has 108 valence electrons. The second kappa shape index (κ2) is 5.63. The fraction of sp³-hybridized carbons (Fsp3) is 0. The zero-order valence-corrected chi connectivity index (χ0v) is 12.0. The minimum absolute atomic E-state index is 0.208. The number of benzene rings is 2. The zero-order chi connectivity index (χ0) is 15.6. The van der Waals surface area contributed by atoms with Crippen molar-refractivity contribution in [3.05, 3.63) is 69.8 Å². The normalized spacial score (nSPS) is 11.1. The van der Waals surface area contributed by atoms with Gasteiger partial charge in [-0.3, -0.25) is 14.9 Å². The predicted octanol–water partition coefficient (Wildman–Crippen LogP) is 2.75. The molecular weight excluding hydrogens is 318 g/mol. The van der Waals surface area contributed by atoms with Crippen molar-refractivity contribution in [3.8, 4) is 0 Å². The molecule has 21 heavy (non-hydrogen) atoms. The number of carbonyl (C=O) groups is 1. The number of nitro benzene ring substituents is 1. The van der Waals surface area contributed by atoms with Gasteiger partial charge in [-0.05, 0) is 6.07 Å². The van der Waals surface area contributed by atoms with Gasteiger partial charge in [0.2, 0.25) is 0 Å². The number of nitro groups is 1. The Labute approximate surface area is 124 Å². The lowest BCUT2D eigenvalue weighted by molar-refractivity contribution is -0.384. The summed E-state index contributed by atoms with van der Waals surface area (Å²) in [4.78, 5) is 22.0. The molecule has 0 aliphatic carbocycles. The van der Waals surface area contributed by atoms with E-state index in [0.29, 0.717) is 0 Å². The second-order valence-corrected chi connectivity index (χ2v) is 6.60. The molecule has 0 radical (unpaired) electrons. The van der Waals surface area contributed by atoms with Crippen LogP contribution in [0.3, 0.4) is 0 Å². The Morgan fingerprint density at radius 3 is 2.24 bits per heavy atom. The van der Waals surface area contributed by atoms with E-state index < -0.39 is 30.3 Å². The van der Waals surface area contributed by atoms with Gasteiger partial charge in [0.05, 0.1) is 9.82 Å². The number of hydrogen-bond donors (Lipinski definition) is 0. The molecule has 0 amide bonds. The van der Waals surface area contributed by atoms with Crippen LogP contribution in [0.1, 0.15) is 15.9 Å². The molecule has 0 aliphatic heterocycles. The fourth-order valence-corrected chi connectivity index (χ4v) is 2.82. The summed E-state index contributed by atoms with van der Waals surface area (Å²) in [6.07, 6.45) is 0. The van der Waals surface area contributed by atoms with Crippen LogP contribution in [0.15, 0.2) is 53.4 Å². The summed E-state index contributed by atoms with van der Waals surface area (Å²) in [5.41, 5.74) is -0.511. The molecule has 2 aromatic rings. The number of ketones is 1. The van der Waals surface area contributed by atoms with Gasteiger partial charge in [0.25, 0.3) is 14.7 Å². The third kappa shape index (κ3) is 3.26. The Bertz CT molecular complexity index is 818. The molecule has 2 rings (SSSR count). The van der Waals surface area contributed by atoms with Crippen molar-refractivity contribution in [2.45, 2.75) is 4.90 Å². The highest BCUT2D eigenvalue weighted by Gasteiger charge is 2.24. The van der Waals surface area contributed by atoms with Gasteiger partial charge in [-0.2, -0.15) is 0 Å². The van der Waals surface area contributed by atoms with Gasteiger partial charge in [-0.15, -0.1) is 0 Å². The largest absolute Gasteiger partial charge is 0.289 e. The summed E-state index contributed by atoms with van der Waals surface area (Å²) in [5.74, 6) is -0.654. The molecule has 0 saturated carbocycles. The standard InChI is InChI=1S/C13H8ClNO5S/c14-21(19,20)12-7-6-10(15(17)18)8-11(12)13(16)9-4-2-1-3-5-9/h1-8H. The SMILES string of the molecule is O=C(c1ccccc1)c1cc([N+](=O)[O-])ccc1S(=O)(=O)Cl. The lowest BCUT2D eigenvalue weighted by atomic mass is 10.0. The Hall–Kier alpha value is -2.25. The van der Waals surface area contributed by atoms with E-state index in [2.05, 4.69) is 0 Å². The highest BCUT2D eigenvalue weighted by atomic mass is 35.7. The Balaban J connectivity index is 2.67. The van der Waals surface area contributed by atoms with Crippen LogP contribution in [0.5, 0.6) is 0 Å². The molecule has 0 aromatic heterocycles. The van der Waals surface area contributed by atoms with Crippen LogP contribution < -0.4 is 0 Å². The molecule has 2 aromatic carbocycles. The summed E-state index contributed by atoms with van der Waals surface area (Å²) in [6.45, 7) is 0. The number of nitrogens with zero attached hydrogens (tertiary/aromatic N) is 1. The minimum Gasteiger partial charge on any atom is -0.289 e. The van der Waals surface area contributed by atoms with Crippen LogP contribution in [0.25, 0.3) is 0 Å². The average molecular weight is 326 g/mol. The molecule has 0 bridgehead atoms. The van der Waals surface area contributed by atoms with Crippen molar-refractivity contribution in [1.29, 1.82) is 0 Å². The van der Waals surface area contributed by atoms with Crippen LogP contribution in [0.2, 0.25) is 0 Å². The quantitative estimate of drug-likeness (QED) is 0.373. The van der Waals surface area contributed by atoms with E-state index in [-0.39, 0.29) is 11.1 Å². The summed E-state index contributed by atoms with van der Waals surface area (Å²) in [5, 5.41) is 10.8. The molecule has 6 nitrogen and oxygen atoms in total. The third-order valence-corrected chi connectivity index (χ3v) is 4.10. The highest BCUT2D eigenvalue weighted by molar-refractivity contribution is 8.13. The number of carbonyl (C=O) groups excluding carboxylic acids is 1. The van der Waals surface area contributed by atoms with E-state index in [1.807, 2.05) is 0 Å². The first kappa shape index (κ1) is 15.1. The van der Waals surface area contributed by atoms with Gasteiger partial charge in [-0.1, -0.05) is 30.3 Å². The minimum atomic E-state index is -4.20. The lowest BCUT2D eigenvalue weighted by Gasteiger charge is -2.06. The molecule has 0 unspecified atom stereocenters. The van der Waals surface area contributed by atoms with Gasteiger partial charge in [0, 0.05) is 33.9 Å². The molecular formula is C13H8ClNO5S. The fourth-order valence-electron chi connectivity index (χ4n) is 1.77. The summed E-state index contributed by atoms with van der Waals surface area (Å²) in [7, 11) is 1.08. The number of non-ortho nitro benzene ring substituents is 1. The van der Waals surface area contributed by atoms with Gasteiger partial charge in [-0.25, -0.2) is 8.42 Å². The van der Waals surface area contributed by atoms with E-state index in [9.17, 15) is 23.3 Å². The molecule has 0 heterocycles. The lowest BCUT2D eigenvalue weighted by Crippen LogP contribution is -2.08. The maximum atomic E-state index is 12.3. The monoisotopic (exact) mass is 325 g/mol. The summed E-state index contributed by atoms with van der Waals surface area (Å²) in [6, 6.07) is 10.7. The smallest absolute Gasteiger partial charge is 0.270 e. The van der Waals surface area contributed by atoms with Crippen LogP contribution in [-0.4, -0.2) is 19.1 Å². The van der Waals surface area contributed by atoms with E-state index in [0.717, 1.165) is 18.2 Å². The van der Waals surface area contributed by atoms with Crippen LogP contribution in [0, 0.1) is 10.1 Å². The number of rotatable bonds is 4. The molecule has 0 saturated heterocycles.